The van der Waals surface area contributed by atoms with Crippen LogP contribution in [-0.2, 0) is 13.0 Å². The standard InChI is InChI=1S/C26H23ClFN5O/c1-4-24-18(9-20(28)13-30-24)7-15(2)8-21-10-17(5-6-29-21)26(34)32-12-19-11-22-23(27)14-31-25(22)33-16(19)3/h4-7,9-11,13-14H,2,8,12H2,1,3H3,(H,31,33)(H,32,34)/b18-7-,24-4+. The number of allylic oxidation sites excluding steroid dienone is 1. The molecule has 8 heteroatoms. The Morgan fingerprint density at radius 1 is 1.29 bits per heavy atom. The van der Waals surface area contributed by atoms with E-state index >= 15 is 0 Å². The fourth-order valence-corrected chi connectivity index (χ4v) is 3.85. The van der Waals surface area contributed by atoms with Crippen molar-refractivity contribution in [3.8, 4) is 0 Å². The molecule has 6 nitrogen and oxygen atoms in total. The molecule has 4 heterocycles. The van der Waals surface area contributed by atoms with Crippen molar-refractivity contribution in [3.05, 3.63) is 98.9 Å². The number of carbonyl (C=O) groups excluding carboxylic acids is 1. The molecule has 0 atom stereocenters. The summed E-state index contributed by atoms with van der Waals surface area (Å²) in [6, 6.07) is 6.73. The van der Waals surface area contributed by atoms with E-state index in [9.17, 15) is 9.18 Å². The summed E-state index contributed by atoms with van der Waals surface area (Å²) in [6.45, 7) is 8.10. The molecule has 0 aromatic carbocycles. The maximum absolute atomic E-state index is 13.6. The summed E-state index contributed by atoms with van der Waals surface area (Å²) in [5.74, 6) is -0.639. The minimum atomic E-state index is -0.412. The average Bonchev–Trinajstić information content (AvgIpc) is 3.16. The van der Waals surface area contributed by atoms with Crippen LogP contribution < -0.4 is 15.9 Å². The number of fused-ring (bicyclic) bond motifs is 1. The van der Waals surface area contributed by atoms with E-state index in [0.717, 1.165) is 22.2 Å². The molecule has 0 aliphatic carbocycles. The Labute approximate surface area is 200 Å². The zero-order chi connectivity index (χ0) is 24.2. The Balaban J connectivity index is 1.47. The van der Waals surface area contributed by atoms with Gasteiger partial charge in [-0.2, -0.15) is 0 Å². The maximum atomic E-state index is 13.6. The number of carbonyl (C=O) groups is 1. The average molecular weight is 476 g/mol. The lowest BCUT2D eigenvalue weighted by atomic mass is 10.1. The summed E-state index contributed by atoms with van der Waals surface area (Å²) in [5, 5.41) is 5.65. The van der Waals surface area contributed by atoms with Crippen molar-refractivity contribution in [1.82, 2.24) is 25.3 Å². The van der Waals surface area contributed by atoms with Crippen molar-refractivity contribution in [2.45, 2.75) is 26.8 Å². The van der Waals surface area contributed by atoms with Crippen LogP contribution in [0, 0.1) is 12.7 Å². The third-order valence-corrected chi connectivity index (χ3v) is 5.70. The Kier molecular flexibility index (Phi) is 6.84. The highest BCUT2D eigenvalue weighted by Gasteiger charge is 2.11. The number of aromatic amines is 1. The molecule has 0 aliphatic heterocycles. The molecule has 172 valence electrons. The van der Waals surface area contributed by atoms with Gasteiger partial charge < -0.3 is 10.3 Å². The van der Waals surface area contributed by atoms with Crippen molar-refractivity contribution >= 4 is 40.7 Å². The van der Waals surface area contributed by atoms with Gasteiger partial charge in [0, 0.05) is 52.9 Å². The molecule has 0 radical (unpaired) electrons. The molecule has 4 aromatic rings. The van der Waals surface area contributed by atoms with Crippen LogP contribution in [-0.4, -0.2) is 25.8 Å². The summed E-state index contributed by atoms with van der Waals surface area (Å²) in [6.07, 6.45) is 8.45. The fraction of sp³-hybridized carbons (Fsp3) is 0.154. The van der Waals surface area contributed by atoms with E-state index in [-0.39, 0.29) is 5.91 Å². The zero-order valence-electron chi connectivity index (χ0n) is 18.8. The lowest BCUT2D eigenvalue weighted by Crippen LogP contribution is -2.28. The predicted octanol–water partition coefficient (Wildman–Crippen LogP) is 3.76. The summed E-state index contributed by atoms with van der Waals surface area (Å²) in [7, 11) is 0. The molecule has 0 aliphatic rings. The van der Waals surface area contributed by atoms with Crippen LogP contribution in [0.3, 0.4) is 0 Å². The van der Waals surface area contributed by atoms with Crippen LogP contribution >= 0.6 is 11.6 Å². The fourth-order valence-electron chi connectivity index (χ4n) is 3.65. The first kappa shape index (κ1) is 23.3. The van der Waals surface area contributed by atoms with Gasteiger partial charge in [0.1, 0.15) is 11.5 Å². The molecule has 0 bridgehead atoms. The number of amides is 1. The SMILES string of the molecule is C=C(/C=c1/cc(F)cn/c1=C/C)Cc1cc(C(=O)NCc2cc3c(Cl)c[nH]c3nc2C)ccn1. The summed E-state index contributed by atoms with van der Waals surface area (Å²) >= 11 is 6.19. The number of nitrogens with zero attached hydrogens (tertiary/aromatic N) is 3. The number of halogens is 2. The van der Waals surface area contributed by atoms with Crippen LogP contribution in [0.25, 0.3) is 23.2 Å². The zero-order valence-corrected chi connectivity index (χ0v) is 19.6. The van der Waals surface area contributed by atoms with Gasteiger partial charge >= 0.3 is 0 Å². The normalized spacial score (nSPS) is 12.4. The number of aromatic nitrogens is 4. The second-order valence-corrected chi connectivity index (χ2v) is 8.29. The molecule has 0 fully saturated rings. The number of pyridine rings is 3. The third kappa shape index (κ3) is 5.21. The van der Waals surface area contributed by atoms with Crippen LogP contribution in [0.1, 0.15) is 34.2 Å². The maximum Gasteiger partial charge on any atom is 0.251 e. The number of hydrogen-bond donors (Lipinski definition) is 2. The molecule has 4 rings (SSSR count). The molecule has 0 unspecified atom stereocenters. The second kappa shape index (κ2) is 9.97. The van der Waals surface area contributed by atoms with Gasteiger partial charge in [0.15, 0.2) is 0 Å². The molecule has 2 N–H and O–H groups in total. The van der Waals surface area contributed by atoms with Gasteiger partial charge in [-0.15, -0.1) is 0 Å². The Morgan fingerprint density at radius 3 is 2.91 bits per heavy atom. The first-order valence-electron chi connectivity index (χ1n) is 10.7. The van der Waals surface area contributed by atoms with Gasteiger partial charge in [0.2, 0.25) is 0 Å². The summed E-state index contributed by atoms with van der Waals surface area (Å²) in [5.41, 5.74) is 4.29. The van der Waals surface area contributed by atoms with E-state index in [1.807, 2.05) is 19.9 Å². The quantitative estimate of drug-likeness (QED) is 0.444. The van der Waals surface area contributed by atoms with Gasteiger partial charge in [-0.05, 0) is 55.3 Å². The molecular weight excluding hydrogens is 453 g/mol. The highest BCUT2D eigenvalue weighted by molar-refractivity contribution is 6.35. The monoisotopic (exact) mass is 475 g/mol. The van der Waals surface area contributed by atoms with Gasteiger partial charge in [0.25, 0.3) is 5.91 Å². The lowest BCUT2D eigenvalue weighted by Gasteiger charge is -2.09. The predicted molar refractivity (Wildman–Crippen MR) is 132 cm³/mol. The van der Waals surface area contributed by atoms with E-state index in [4.69, 9.17) is 11.6 Å². The number of rotatable bonds is 6. The molecular formula is C26H23ClFN5O. The Morgan fingerprint density at radius 2 is 2.12 bits per heavy atom. The third-order valence-electron chi connectivity index (χ3n) is 5.39. The van der Waals surface area contributed by atoms with Crippen molar-refractivity contribution in [1.29, 1.82) is 0 Å². The van der Waals surface area contributed by atoms with E-state index in [1.165, 1.54) is 12.3 Å². The van der Waals surface area contributed by atoms with Crippen LogP contribution in [0.2, 0.25) is 5.02 Å². The number of nitrogens with one attached hydrogen (secondary N) is 2. The molecule has 0 spiro atoms. The van der Waals surface area contributed by atoms with E-state index in [1.54, 1.807) is 36.7 Å². The summed E-state index contributed by atoms with van der Waals surface area (Å²) < 4.78 is 13.6. The topological polar surface area (TPSA) is 83.6 Å². The summed E-state index contributed by atoms with van der Waals surface area (Å²) in [4.78, 5) is 28.7. The smallest absolute Gasteiger partial charge is 0.251 e. The van der Waals surface area contributed by atoms with Gasteiger partial charge in [-0.3, -0.25) is 14.8 Å². The van der Waals surface area contributed by atoms with Crippen LogP contribution in [0.4, 0.5) is 4.39 Å². The van der Waals surface area contributed by atoms with E-state index in [0.29, 0.717) is 45.5 Å². The molecule has 1 amide bonds. The first-order chi connectivity index (χ1) is 16.3. The highest BCUT2D eigenvalue weighted by atomic mass is 35.5. The van der Waals surface area contributed by atoms with Crippen molar-refractivity contribution in [2.75, 3.05) is 0 Å². The van der Waals surface area contributed by atoms with Gasteiger partial charge in [-0.1, -0.05) is 24.3 Å². The minimum Gasteiger partial charge on any atom is -0.348 e. The number of hydrogen-bond acceptors (Lipinski definition) is 4. The van der Waals surface area contributed by atoms with Crippen molar-refractivity contribution in [3.63, 3.8) is 0 Å². The molecule has 4 aromatic heterocycles. The molecule has 0 saturated heterocycles. The molecule has 0 saturated carbocycles. The largest absolute Gasteiger partial charge is 0.348 e. The molecule has 34 heavy (non-hydrogen) atoms. The van der Waals surface area contributed by atoms with E-state index in [2.05, 4.69) is 31.8 Å². The second-order valence-electron chi connectivity index (χ2n) is 7.88. The van der Waals surface area contributed by atoms with E-state index < -0.39 is 5.82 Å². The van der Waals surface area contributed by atoms with Crippen molar-refractivity contribution < 1.29 is 9.18 Å². The van der Waals surface area contributed by atoms with Crippen LogP contribution in [0.15, 0.2) is 55.0 Å². The van der Waals surface area contributed by atoms with Crippen LogP contribution in [0.5, 0.6) is 0 Å². The number of aryl methyl sites for hydroxylation is 1. The highest BCUT2D eigenvalue weighted by Crippen LogP contribution is 2.23. The first-order valence-corrected chi connectivity index (χ1v) is 11.1. The minimum absolute atomic E-state index is 0.227. The Bertz CT molecular complexity index is 1530. The lowest BCUT2D eigenvalue weighted by molar-refractivity contribution is 0.0950. The number of H-pyrrole nitrogens is 1. The van der Waals surface area contributed by atoms with Gasteiger partial charge in [-0.25, -0.2) is 9.37 Å². The Hall–Kier alpha value is -3.84. The van der Waals surface area contributed by atoms with Gasteiger partial charge in [0.05, 0.1) is 16.6 Å². The van der Waals surface area contributed by atoms with Crippen molar-refractivity contribution in [2.24, 2.45) is 0 Å².